The third-order valence-electron chi connectivity index (χ3n) is 6.22. The minimum atomic E-state index is -3.87. The maximum Gasteiger partial charge on any atom is 0.411 e. The maximum absolute atomic E-state index is 13.7. The fourth-order valence-corrected chi connectivity index (χ4v) is 6.76. The Hall–Kier alpha value is -2.26. The molecule has 0 spiro atoms. The Labute approximate surface area is 212 Å². The molecule has 3 atom stereocenters. The van der Waals surface area contributed by atoms with Crippen molar-refractivity contribution < 1.29 is 22.7 Å². The number of piperidine rings is 1. The third-order valence-corrected chi connectivity index (χ3v) is 8.59. The maximum atomic E-state index is 13.7. The summed E-state index contributed by atoms with van der Waals surface area (Å²) in [5, 5.41) is -0.993. The first-order valence-corrected chi connectivity index (χ1v) is 13.9. The van der Waals surface area contributed by atoms with E-state index in [0.717, 1.165) is 12.8 Å². The molecule has 2 heterocycles. The van der Waals surface area contributed by atoms with E-state index in [1.807, 2.05) is 0 Å². The van der Waals surface area contributed by atoms with Crippen molar-refractivity contribution in [3.05, 3.63) is 30.3 Å². The zero-order chi connectivity index (χ0) is 25.9. The van der Waals surface area contributed by atoms with Gasteiger partial charge in [-0.25, -0.2) is 23.2 Å². The van der Waals surface area contributed by atoms with Crippen molar-refractivity contribution in [2.24, 2.45) is 15.9 Å². The van der Waals surface area contributed by atoms with Gasteiger partial charge in [-0.2, -0.15) is 0 Å². The molecule has 1 aromatic rings. The molecule has 0 aromatic heterocycles. The summed E-state index contributed by atoms with van der Waals surface area (Å²) in [5.41, 5.74) is -1.51. The van der Waals surface area contributed by atoms with Crippen molar-refractivity contribution in [3.63, 3.8) is 0 Å². The number of halogens is 1. The van der Waals surface area contributed by atoms with Gasteiger partial charge in [0.05, 0.1) is 4.90 Å². The summed E-state index contributed by atoms with van der Waals surface area (Å²) in [7, 11) is -3.87. The fraction of sp³-hybridized carbons (Fsp3) is 0.600. The Morgan fingerprint density at radius 3 is 2.51 bits per heavy atom. The highest BCUT2D eigenvalue weighted by Crippen LogP contribution is 2.40. The molecule has 1 fully saturated rings. The molecule has 10 heteroatoms. The van der Waals surface area contributed by atoms with E-state index in [9.17, 15) is 18.0 Å². The van der Waals surface area contributed by atoms with Crippen LogP contribution in [-0.2, 0) is 19.4 Å². The van der Waals surface area contributed by atoms with Crippen molar-refractivity contribution in [1.29, 1.82) is 0 Å². The number of hydrogen-bond donors (Lipinski definition) is 0. The SMILES string of the molecule is CCCCC1(CC2CCN(C(=O)OC(C)(C)C)C(S(=O)(=O)c3ccccc3)C2)N=C(Cl)C(C=O)=N1. The molecule has 2 aliphatic heterocycles. The number of unbranched alkanes of at least 4 members (excludes halogenated alkanes) is 1. The number of aldehydes is 1. The molecule has 0 radical (unpaired) electrons. The number of carbonyl (C=O) groups excluding carboxylic acids is 2. The molecule has 0 N–H and O–H groups in total. The number of benzene rings is 1. The summed E-state index contributed by atoms with van der Waals surface area (Å²) in [5.74, 6) is -0.100. The van der Waals surface area contributed by atoms with Crippen molar-refractivity contribution in [1.82, 2.24) is 4.90 Å². The van der Waals surface area contributed by atoms with Gasteiger partial charge < -0.3 is 4.74 Å². The first-order valence-electron chi connectivity index (χ1n) is 12.0. The van der Waals surface area contributed by atoms with Crippen LogP contribution in [0, 0.1) is 5.92 Å². The molecule has 192 valence electrons. The van der Waals surface area contributed by atoms with Crippen molar-refractivity contribution in [2.45, 2.75) is 87.8 Å². The Balaban J connectivity index is 1.92. The second-order valence-electron chi connectivity index (χ2n) is 10.2. The summed E-state index contributed by atoms with van der Waals surface area (Å²) >= 11 is 6.19. The normalized spacial score (nSPS) is 25.1. The van der Waals surface area contributed by atoms with Crippen LogP contribution in [0.25, 0.3) is 0 Å². The van der Waals surface area contributed by atoms with Crippen molar-refractivity contribution >= 4 is 44.7 Å². The molecule has 1 saturated heterocycles. The highest BCUT2D eigenvalue weighted by molar-refractivity contribution is 7.92. The molecule has 0 bridgehead atoms. The standard InChI is InChI=1S/C25H34ClN3O5S/c1-5-6-13-25(27-20(17-30)22(26)28-25)16-18-12-14-29(23(31)34-24(2,3)4)21(15-18)35(32,33)19-10-8-7-9-11-19/h7-11,17-18,21H,5-6,12-16H2,1-4H3. The Bertz CT molecular complexity index is 1100. The van der Waals surface area contributed by atoms with E-state index in [0.29, 0.717) is 25.5 Å². The second kappa shape index (κ2) is 10.8. The Morgan fingerprint density at radius 2 is 1.94 bits per heavy atom. The summed E-state index contributed by atoms with van der Waals surface area (Å²) in [6.45, 7) is 7.53. The van der Waals surface area contributed by atoms with Gasteiger partial charge in [-0.1, -0.05) is 43.1 Å². The van der Waals surface area contributed by atoms with Gasteiger partial charge in [0.2, 0.25) is 0 Å². The number of nitrogens with zero attached hydrogens (tertiary/aromatic N) is 3. The number of likely N-dealkylation sites (tertiary alicyclic amines) is 1. The van der Waals surface area contributed by atoms with Gasteiger partial charge in [-0.15, -0.1) is 0 Å². The molecular formula is C25H34ClN3O5S. The molecule has 1 amide bonds. The van der Waals surface area contributed by atoms with E-state index in [2.05, 4.69) is 16.9 Å². The summed E-state index contributed by atoms with van der Waals surface area (Å²) < 4.78 is 32.9. The molecule has 35 heavy (non-hydrogen) atoms. The molecular weight excluding hydrogens is 490 g/mol. The van der Waals surface area contributed by atoms with Crippen LogP contribution in [0.5, 0.6) is 0 Å². The Kier molecular flexibility index (Phi) is 8.42. The average Bonchev–Trinajstić information content (AvgIpc) is 3.12. The van der Waals surface area contributed by atoms with Gasteiger partial charge >= 0.3 is 6.09 Å². The summed E-state index contributed by atoms with van der Waals surface area (Å²) in [6.07, 6.45) is 3.55. The van der Waals surface area contributed by atoms with E-state index in [1.165, 1.54) is 17.0 Å². The monoisotopic (exact) mass is 523 g/mol. The van der Waals surface area contributed by atoms with Gasteiger partial charge in [-0.3, -0.25) is 9.69 Å². The first-order chi connectivity index (χ1) is 16.4. The number of carbonyl (C=O) groups is 2. The van der Waals surface area contributed by atoms with Crippen molar-refractivity contribution in [3.8, 4) is 0 Å². The molecule has 2 aliphatic rings. The van der Waals surface area contributed by atoms with Crippen LogP contribution in [0.3, 0.4) is 0 Å². The quantitative estimate of drug-likeness (QED) is 0.446. The molecule has 1 aromatic carbocycles. The van der Waals surface area contributed by atoms with Gasteiger partial charge in [0.15, 0.2) is 27.0 Å². The average molecular weight is 524 g/mol. The zero-order valence-corrected chi connectivity index (χ0v) is 22.3. The third kappa shape index (κ3) is 6.50. The van der Waals surface area contributed by atoms with Gasteiger partial charge in [0.25, 0.3) is 0 Å². The van der Waals surface area contributed by atoms with E-state index in [1.54, 1.807) is 39.0 Å². The smallest absolute Gasteiger partial charge is 0.411 e. The minimum absolute atomic E-state index is 0.0933. The molecule has 3 unspecified atom stereocenters. The van der Waals surface area contributed by atoms with Gasteiger partial charge in [0, 0.05) is 6.54 Å². The van der Waals surface area contributed by atoms with Crippen LogP contribution in [-0.4, -0.2) is 59.8 Å². The largest absolute Gasteiger partial charge is 0.444 e. The van der Waals surface area contributed by atoms with E-state index in [-0.39, 0.29) is 34.7 Å². The summed E-state index contributed by atoms with van der Waals surface area (Å²) in [6, 6.07) is 8.15. The Morgan fingerprint density at radius 1 is 1.26 bits per heavy atom. The van der Waals surface area contributed by atoms with E-state index < -0.39 is 32.6 Å². The lowest BCUT2D eigenvalue weighted by molar-refractivity contribution is -0.102. The molecule has 3 rings (SSSR count). The van der Waals surface area contributed by atoms with E-state index in [4.69, 9.17) is 16.3 Å². The zero-order valence-electron chi connectivity index (χ0n) is 20.7. The number of hydrogen-bond acceptors (Lipinski definition) is 7. The first kappa shape index (κ1) is 27.3. The fourth-order valence-electron chi connectivity index (χ4n) is 4.61. The topological polar surface area (TPSA) is 105 Å². The van der Waals surface area contributed by atoms with E-state index >= 15 is 0 Å². The van der Waals surface area contributed by atoms with Gasteiger partial charge in [-0.05, 0) is 70.9 Å². The van der Waals surface area contributed by atoms with Crippen LogP contribution in [0.1, 0.15) is 66.2 Å². The predicted molar refractivity (Wildman–Crippen MR) is 137 cm³/mol. The van der Waals surface area contributed by atoms with Gasteiger partial charge in [0.1, 0.15) is 16.7 Å². The molecule has 8 nitrogen and oxygen atoms in total. The van der Waals surface area contributed by atoms with Crippen LogP contribution >= 0.6 is 11.6 Å². The lowest BCUT2D eigenvalue weighted by Crippen LogP contribution is -2.52. The van der Waals surface area contributed by atoms with Crippen LogP contribution in [0.2, 0.25) is 0 Å². The lowest BCUT2D eigenvalue weighted by atomic mass is 9.85. The number of rotatable bonds is 8. The minimum Gasteiger partial charge on any atom is -0.444 e. The van der Waals surface area contributed by atoms with Crippen molar-refractivity contribution in [2.75, 3.05) is 6.54 Å². The number of amides is 1. The predicted octanol–water partition coefficient (Wildman–Crippen LogP) is 5.00. The highest BCUT2D eigenvalue weighted by Gasteiger charge is 2.45. The second-order valence-corrected chi connectivity index (χ2v) is 12.6. The highest BCUT2D eigenvalue weighted by atomic mass is 35.5. The molecule has 0 saturated carbocycles. The summed E-state index contributed by atoms with van der Waals surface area (Å²) in [4.78, 5) is 35.0. The van der Waals surface area contributed by atoms with Crippen LogP contribution < -0.4 is 0 Å². The lowest BCUT2D eigenvalue weighted by Gasteiger charge is -2.41. The van der Waals surface area contributed by atoms with Crippen LogP contribution in [0.15, 0.2) is 45.2 Å². The molecule has 0 aliphatic carbocycles. The number of ether oxygens (including phenoxy) is 1. The number of sulfone groups is 1. The van der Waals surface area contributed by atoms with Crippen LogP contribution in [0.4, 0.5) is 4.79 Å². The number of aliphatic imine (C=N–C) groups is 2.